The number of allylic oxidation sites excluding steroid dienone is 3. The number of ether oxygens (including phenoxy) is 2. The zero-order valence-corrected chi connectivity index (χ0v) is 12.7. The van der Waals surface area contributed by atoms with Crippen molar-refractivity contribution in [2.24, 2.45) is 5.41 Å². The van der Waals surface area contributed by atoms with Crippen LogP contribution in [-0.4, -0.2) is 12.9 Å². The third-order valence-corrected chi connectivity index (χ3v) is 4.15. The molecule has 0 radical (unpaired) electrons. The molecule has 110 valence electrons. The first-order chi connectivity index (χ1) is 10.00. The third-order valence-electron chi connectivity index (χ3n) is 4.15. The number of carbonyl (C=O) groups is 1. The first kappa shape index (κ1) is 13.9. The van der Waals surface area contributed by atoms with E-state index in [1.54, 1.807) is 13.4 Å². The SMILES string of the molecule is COc1ccc(C2C=COC3=C2C(=O)CC(C)(C)C3)cc1. The van der Waals surface area contributed by atoms with Crippen LogP contribution in [-0.2, 0) is 9.53 Å². The van der Waals surface area contributed by atoms with Gasteiger partial charge in [-0.2, -0.15) is 0 Å². The summed E-state index contributed by atoms with van der Waals surface area (Å²) in [6.07, 6.45) is 5.06. The van der Waals surface area contributed by atoms with E-state index >= 15 is 0 Å². The Morgan fingerprint density at radius 2 is 1.90 bits per heavy atom. The maximum atomic E-state index is 12.6. The lowest BCUT2D eigenvalue weighted by Crippen LogP contribution is -2.29. The number of ketones is 1. The van der Waals surface area contributed by atoms with E-state index in [-0.39, 0.29) is 17.1 Å². The summed E-state index contributed by atoms with van der Waals surface area (Å²) in [5.41, 5.74) is 1.89. The molecular formula is C18H20O3. The lowest BCUT2D eigenvalue weighted by molar-refractivity contribution is -0.118. The Kier molecular flexibility index (Phi) is 3.36. The molecule has 2 aliphatic rings. The average molecular weight is 284 g/mol. The zero-order chi connectivity index (χ0) is 15.0. The van der Waals surface area contributed by atoms with Crippen LogP contribution < -0.4 is 4.74 Å². The molecule has 0 spiro atoms. The zero-order valence-electron chi connectivity index (χ0n) is 12.7. The Morgan fingerprint density at radius 1 is 1.19 bits per heavy atom. The summed E-state index contributed by atoms with van der Waals surface area (Å²) in [5.74, 6) is 1.84. The Bertz CT molecular complexity index is 620. The van der Waals surface area contributed by atoms with E-state index in [4.69, 9.17) is 9.47 Å². The average Bonchev–Trinajstić information content (AvgIpc) is 2.45. The Balaban J connectivity index is 1.98. The van der Waals surface area contributed by atoms with Gasteiger partial charge in [-0.25, -0.2) is 0 Å². The van der Waals surface area contributed by atoms with Crippen LogP contribution in [0.15, 0.2) is 47.9 Å². The Labute approximate surface area is 125 Å². The van der Waals surface area contributed by atoms with Crippen LogP contribution in [0.1, 0.15) is 38.2 Å². The fourth-order valence-electron chi connectivity index (χ4n) is 3.12. The molecule has 21 heavy (non-hydrogen) atoms. The molecule has 1 aliphatic carbocycles. The van der Waals surface area contributed by atoms with Crippen molar-refractivity contribution in [1.29, 1.82) is 0 Å². The minimum atomic E-state index is -0.0223. The van der Waals surface area contributed by atoms with Gasteiger partial charge in [0.25, 0.3) is 0 Å². The maximum absolute atomic E-state index is 12.6. The van der Waals surface area contributed by atoms with Crippen LogP contribution in [0.25, 0.3) is 0 Å². The first-order valence-corrected chi connectivity index (χ1v) is 7.24. The van der Waals surface area contributed by atoms with Gasteiger partial charge < -0.3 is 9.47 Å². The fraction of sp³-hybridized carbons (Fsp3) is 0.389. The van der Waals surface area contributed by atoms with Crippen LogP contribution in [0.3, 0.4) is 0 Å². The number of hydrogen-bond donors (Lipinski definition) is 0. The molecule has 0 N–H and O–H groups in total. The van der Waals surface area contributed by atoms with Gasteiger partial charge in [0, 0.05) is 24.3 Å². The number of methoxy groups -OCH3 is 1. The fourth-order valence-corrected chi connectivity index (χ4v) is 3.12. The van der Waals surface area contributed by atoms with Gasteiger partial charge in [0.2, 0.25) is 0 Å². The van der Waals surface area contributed by atoms with Crippen molar-refractivity contribution in [2.75, 3.05) is 7.11 Å². The number of carbonyl (C=O) groups excluding carboxylic acids is 1. The number of Topliss-reactive ketones (excluding diaryl/α,β-unsaturated/α-hetero) is 1. The molecule has 3 nitrogen and oxygen atoms in total. The van der Waals surface area contributed by atoms with Crippen molar-refractivity contribution in [3.05, 3.63) is 53.5 Å². The summed E-state index contributed by atoms with van der Waals surface area (Å²) in [7, 11) is 1.65. The quantitative estimate of drug-likeness (QED) is 0.824. The summed E-state index contributed by atoms with van der Waals surface area (Å²) in [5, 5.41) is 0. The number of benzene rings is 1. The molecule has 1 atom stereocenters. The van der Waals surface area contributed by atoms with E-state index in [9.17, 15) is 4.79 Å². The van der Waals surface area contributed by atoms with Crippen LogP contribution in [0.5, 0.6) is 5.75 Å². The number of rotatable bonds is 2. The topological polar surface area (TPSA) is 35.5 Å². The standard InChI is InChI=1S/C18H20O3/c1-18(2)10-15(19)17-14(8-9-21-16(17)11-18)12-4-6-13(20-3)7-5-12/h4-9,14H,10-11H2,1-3H3. The molecular weight excluding hydrogens is 264 g/mol. The number of hydrogen-bond acceptors (Lipinski definition) is 3. The molecule has 0 amide bonds. The highest BCUT2D eigenvalue weighted by Crippen LogP contribution is 2.44. The molecule has 3 heteroatoms. The highest BCUT2D eigenvalue weighted by Gasteiger charge is 2.38. The molecule has 1 unspecified atom stereocenters. The van der Waals surface area contributed by atoms with Crippen molar-refractivity contribution < 1.29 is 14.3 Å². The van der Waals surface area contributed by atoms with Gasteiger partial charge in [-0.15, -0.1) is 0 Å². The Morgan fingerprint density at radius 3 is 2.57 bits per heavy atom. The van der Waals surface area contributed by atoms with Crippen molar-refractivity contribution in [3.63, 3.8) is 0 Å². The van der Waals surface area contributed by atoms with Gasteiger partial charge in [0.05, 0.1) is 13.4 Å². The van der Waals surface area contributed by atoms with E-state index < -0.39 is 0 Å². The van der Waals surface area contributed by atoms with Crippen molar-refractivity contribution in [3.8, 4) is 5.75 Å². The largest absolute Gasteiger partial charge is 0.497 e. The second-order valence-electron chi connectivity index (χ2n) is 6.48. The summed E-state index contributed by atoms with van der Waals surface area (Å²) in [6.45, 7) is 4.22. The first-order valence-electron chi connectivity index (χ1n) is 7.24. The van der Waals surface area contributed by atoms with Crippen molar-refractivity contribution in [1.82, 2.24) is 0 Å². The molecule has 0 fully saturated rings. The van der Waals surface area contributed by atoms with E-state index in [1.807, 2.05) is 30.3 Å². The predicted octanol–water partition coefficient (Wildman–Crippen LogP) is 3.97. The molecule has 3 rings (SSSR count). The highest BCUT2D eigenvalue weighted by atomic mass is 16.5. The molecule has 0 aromatic heterocycles. The molecule has 1 aromatic rings. The van der Waals surface area contributed by atoms with E-state index in [0.29, 0.717) is 6.42 Å². The molecule has 1 aromatic carbocycles. The summed E-state index contributed by atoms with van der Waals surface area (Å²) in [6, 6.07) is 7.87. The molecule has 0 saturated carbocycles. The summed E-state index contributed by atoms with van der Waals surface area (Å²) >= 11 is 0. The van der Waals surface area contributed by atoms with Gasteiger partial charge >= 0.3 is 0 Å². The van der Waals surface area contributed by atoms with E-state index in [0.717, 1.165) is 29.1 Å². The van der Waals surface area contributed by atoms with Gasteiger partial charge in [0.15, 0.2) is 5.78 Å². The van der Waals surface area contributed by atoms with Crippen LogP contribution in [0.4, 0.5) is 0 Å². The van der Waals surface area contributed by atoms with E-state index in [2.05, 4.69) is 13.8 Å². The van der Waals surface area contributed by atoms with Gasteiger partial charge in [-0.1, -0.05) is 26.0 Å². The highest BCUT2D eigenvalue weighted by molar-refractivity contribution is 5.99. The maximum Gasteiger partial charge on any atom is 0.163 e. The van der Waals surface area contributed by atoms with Crippen LogP contribution >= 0.6 is 0 Å². The van der Waals surface area contributed by atoms with Gasteiger partial charge in [0.1, 0.15) is 11.5 Å². The summed E-state index contributed by atoms with van der Waals surface area (Å²) in [4.78, 5) is 12.6. The second-order valence-corrected chi connectivity index (χ2v) is 6.48. The van der Waals surface area contributed by atoms with E-state index in [1.165, 1.54) is 0 Å². The van der Waals surface area contributed by atoms with Crippen LogP contribution in [0.2, 0.25) is 0 Å². The van der Waals surface area contributed by atoms with Crippen molar-refractivity contribution >= 4 is 5.78 Å². The minimum Gasteiger partial charge on any atom is -0.497 e. The van der Waals surface area contributed by atoms with Gasteiger partial charge in [-0.05, 0) is 29.2 Å². The van der Waals surface area contributed by atoms with Gasteiger partial charge in [-0.3, -0.25) is 4.79 Å². The second kappa shape index (κ2) is 5.06. The molecule has 0 bridgehead atoms. The normalized spacial score (nSPS) is 23.6. The summed E-state index contributed by atoms with van der Waals surface area (Å²) < 4.78 is 10.8. The molecule has 1 aliphatic heterocycles. The Hall–Kier alpha value is -2.03. The lowest BCUT2D eigenvalue weighted by Gasteiger charge is -2.35. The predicted molar refractivity (Wildman–Crippen MR) is 81.0 cm³/mol. The third kappa shape index (κ3) is 2.60. The van der Waals surface area contributed by atoms with Crippen LogP contribution in [0, 0.1) is 5.41 Å². The lowest BCUT2D eigenvalue weighted by atomic mass is 9.72. The monoisotopic (exact) mass is 284 g/mol. The van der Waals surface area contributed by atoms with Crippen molar-refractivity contribution in [2.45, 2.75) is 32.6 Å². The smallest absolute Gasteiger partial charge is 0.163 e. The molecule has 0 saturated heterocycles. The molecule has 1 heterocycles. The minimum absolute atomic E-state index is 0.0109.